The molecule has 0 atom stereocenters. The maximum Gasteiger partial charge on any atom is 0.141 e. The first-order valence-corrected chi connectivity index (χ1v) is 8.14. The smallest absolute Gasteiger partial charge is 0.141 e. The number of nitrogens with zero attached hydrogens (tertiary/aromatic N) is 1. The van der Waals surface area contributed by atoms with Crippen molar-refractivity contribution in [1.29, 1.82) is 0 Å². The summed E-state index contributed by atoms with van der Waals surface area (Å²) in [5, 5.41) is 3.43. The van der Waals surface area contributed by atoms with Crippen molar-refractivity contribution >= 4 is 11.8 Å². The van der Waals surface area contributed by atoms with Crippen LogP contribution in [0.1, 0.15) is 25.0 Å². The van der Waals surface area contributed by atoms with E-state index in [2.05, 4.69) is 48.4 Å². The van der Waals surface area contributed by atoms with Gasteiger partial charge in [-0.3, -0.25) is 4.98 Å². The predicted octanol–water partition coefficient (Wildman–Crippen LogP) is 4.26. The van der Waals surface area contributed by atoms with E-state index in [1.54, 1.807) is 18.0 Å². The van der Waals surface area contributed by atoms with E-state index < -0.39 is 0 Å². The monoisotopic (exact) mass is 304 g/mol. The molecule has 2 aromatic rings. The Hall–Kier alpha value is -1.39. The highest BCUT2D eigenvalue weighted by Crippen LogP contribution is 2.23. The second kappa shape index (κ2) is 8.15. The summed E-state index contributed by atoms with van der Waals surface area (Å²) in [5.41, 5.74) is 2.19. The van der Waals surface area contributed by atoms with Gasteiger partial charge in [0.15, 0.2) is 0 Å². The van der Waals surface area contributed by atoms with Gasteiger partial charge in [0.05, 0.1) is 6.20 Å². The summed E-state index contributed by atoms with van der Waals surface area (Å²) in [6, 6.07) is 10.0. The molecule has 0 saturated heterocycles. The van der Waals surface area contributed by atoms with E-state index in [9.17, 15) is 4.39 Å². The molecule has 0 aliphatic rings. The Balaban J connectivity index is 1.82. The zero-order valence-electron chi connectivity index (χ0n) is 12.5. The van der Waals surface area contributed by atoms with Crippen LogP contribution in [0.15, 0.2) is 47.6 Å². The Morgan fingerprint density at radius 2 is 1.90 bits per heavy atom. The number of thioether (sulfide) groups is 1. The first-order valence-electron chi connectivity index (χ1n) is 7.15. The molecule has 1 N–H and O–H groups in total. The average Bonchev–Trinajstić information content (AvgIpc) is 2.46. The van der Waals surface area contributed by atoms with Crippen LogP contribution in [0.25, 0.3) is 0 Å². The van der Waals surface area contributed by atoms with E-state index in [0.29, 0.717) is 5.92 Å². The van der Waals surface area contributed by atoms with Gasteiger partial charge in [0.2, 0.25) is 0 Å². The lowest BCUT2D eigenvalue weighted by atomic mass is 10.2. The van der Waals surface area contributed by atoms with E-state index in [0.717, 1.165) is 24.4 Å². The summed E-state index contributed by atoms with van der Waals surface area (Å²) >= 11 is 1.69. The Morgan fingerprint density at radius 3 is 2.57 bits per heavy atom. The van der Waals surface area contributed by atoms with Gasteiger partial charge in [-0.2, -0.15) is 0 Å². The molecule has 0 bridgehead atoms. The molecule has 0 aliphatic heterocycles. The van der Waals surface area contributed by atoms with Crippen LogP contribution in [0, 0.1) is 11.7 Å². The Labute approximate surface area is 130 Å². The lowest BCUT2D eigenvalue weighted by Gasteiger charge is -2.08. The molecule has 0 fully saturated rings. The van der Waals surface area contributed by atoms with Gasteiger partial charge in [-0.05, 0) is 41.8 Å². The van der Waals surface area contributed by atoms with Crippen molar-refractivity contribution in [2.45, 2.75) is 31.0 Å². The SMILES string of the molecule is CC(C)CNCc1ccc(SCc2cncc(F)c2)cc1. The van der Waals surface area contributed by atoms with Crippen LogP contribution >= 0.6 is 11.8 Å². The fourth-order valence-electron chi connectivity index (χ4n) is 1.91. The molecule has 1 aromatic carbocycles. The third kappa shape index (κ3) is 5.86. The van der Waals surface area contributed by atoms with Gasteiger partial charge in [0.1, 0.15) is 5.82 Å². The molecule has 21 heavy (non-hydrogen) atoms. The number of halogens is 1. The molecular weight excluding hydrogens is 283 g/mol. The highest BCUT2D eigenvalue weighted by Gasteiger charge is 2.00. The molecule has 0 radical (unpaired) electrons. The van der Waals surface area contributed by atoms with Gasteiger partial charge in [0.25, 0.3) is 0 Å². The van der Waals surface area contributed by atoms with E-state index >= 15 is 0 Å². The number of aromatic nitrogens is 1. The van der Waals surface area contributed by atoms with Gasteiger partial charge < -0.3 is 5.32 Å². The van der Waals surface area contributed by atoms with Crippen molar-refractivity contribution < 1.29 is 4.39 Å². The van der Waals surface area contributed by atoms with Crippen LogP contribution in [0.5, 0.6) is 0 Å². The standard InChI is InChI=1S/C17H21FN2S/c1-13(2)8-19-9-14-3-5-17(6-4-14)21-12-15-7-16(18)11-20-10-15/h3-7,10-11,13,19H,8-9,12H2,1-2H3. The van der Waals surface area contributed by atoms with E-state index in [1.807, 2.05) is 0 Å². The molecule has 2 nitrogen and oxygen atoms in total. The minimum atomic E-state index is -0.278. The van der Waals surface area contributed by atoms with Gasteiger partial charge in [-0.15, -0.1) is 11.8 Å². The quantitative estimate of drug-likeness (QED) is 0.774. The summed E-state index contributed by atoms with van der Waals surface area (Å²) in [4.78, 5) is 5.05. The zero-order chi connectivity index (χ0) is 15.1. The van der Waals surface area contributed by atoms with Crippen molar-refractivity contribution in [3.8, 4) is 0 Å². The Kier molecular flexibility index (Phi) is 6.21. The van der Waals surface area contributed by atoms with Gasteiger partial charge in [-0.25, -0.2) is 4.39 Å². The van der Waals surface area contributed by atoms with Crippen LogP contribution < -0.4 is 5.32 Å². The van der Waals surface area contributed by atoms with Gasteiger partial charge >= 0.3 is 0 Å². The minimum absolute atomic E-state index is 0.278. The van der Waals surface area contributed by atoms with Gasteiger partial charge in [0, 0.05) is 23.4 Å². The number of rotatable bonds is 7. The Morgan fingerprint density at radius 1 is 1.14 bits per heavy atom. The largest absolute Gasteiger partial charge is 0.312 e. The molecule has 0 amide bonds. The van der Waals surface area contributed by atoms with Crippen molar-refractivity contribution in [1.82, 2.24) is 10.3 Å². The van der Waals surface area contributed by atoms with Gasteiger partial charge in [-0.1, -0.05) is 26.0 Å². The number of hydrogen-bond acceptors (Lipinski definition) is 3. The maximum atomic E-state index is 13.0. The number of nitrogens with one attached hydrogen (secondary N) is 1. The number of benzene rings is 1. The second-order valence-corrected chi connectivity index (χ2v) is 6.52. The normalized spacial score (nSPS) is 11.0. The van der Waals surface area contributed by atoms with Crippen LogP contribution in [0.2, 0.25) is 0 Å². The highest BCUT2D eigenvalue weighted by molar-refractivity contribution is 7.98. The maximum absolute atomic E-state index is 13.0. The molecule has 1 heterocycles. The summed E-state index contributed by atoms with van der Waals surface area (Å²) < 4.78 is 13.0. The summed E-state index contributed by atoms with van der Waals surface area (Å²) in [6.07, 6.45) is 2.94. The van der Waals surface area contributed by atoms with E-state index in [1.165, 1.54) is 22.7 Å². The minimum Gasteiger partial charge on any atom is -0.312 e. The zero-order valence-corrected chi connectivity index (χ0v) is 13.3. The first kappa shape index (κ1) is 16.0. The summed E-state index contributed by atoms with van der Waals surface area (Å²) in [6.45, 7) is 6.34. The molecule has 2 rings (SSSR count). The van der Waals surface area contributed by atoms with Crippen LogP contribution in [0.3, 0.4) is 0 Å². The predicted molar refractivity (Wildman–Crippen MR) is 86.7 cm³/mol. The number of hydrogen-bond donors (Lipinski definition) is 1. The third-order valence-corrected chi connectivity index (χ3v) is 4.06. The second-order valence-electron chi connectivity index (χ2n) is 5.47. The summed E-state index contributed by atoms with van der Waals surface area (Å²) in [7, 11) is 0. The van der Waals surface area contributed by atoms with Crippen molar-refractivity contribution in [3.05, 3.63) is 59.7 Å². The number of pyridine rings is 1. The molecular formula is C17H21FN2S. The average molecular weight is 304 g/mol. The van der Waals surface area contributed by atoms with Crippen molar-refractivity contribution in [3.63, 3.8) is 0 Å². The lowest BCUT2D eigenvalue weighted by molar-refractivity contribution is 0.552. The van der Waals surface area contributed by atoms with Crippen molar-refractivity contribution in [2.75, 3.05) is 6.54 Å². The molecule has 1 aromatic heterocycles. The molecule has 0 aliphatic carbocycles. The molecule has 112 valence electrons. The van der Waals surface area contributed by atoms with Crippen LogP contribution in [-0.2, 0) is 12.3 Å². The highest BCUT2D eigenvalue weighted by atomic mass is 32.2. The first-order chi connectivity index (χ1) is 10.1. The molecule has 0 saturated carbocycles. The summed E-state index contributed by atoms with van der Waals surface area (Å²) in [5.74, 6) is 1.12. The molecule has 0 unspecified atom stereocenters. The van der Waals surface area contributed by atoms with E-state index in [4.69, 9.17) is 0 Å². The lowest BCUT2D eigenvalue weighted by Crippen LogP contribution is -2.18. The fourth-order valence-corrected chi connectivity index (χ4v) is 2.73. The fraction of sp³-hybridized carbons (Fsp3) is 0.353. The molecule has 0 spiro atoms. The van der Waals surface area contributed by atoms with Crippen LogP contribution in [-0.4, -0.2) is 11.5 Å². The Bertz CT molecular complexity index is 555. The van der Waals surface area contributed by atoms with Crippen molar-refractivity contribution in [2.24, 2.45) is 5.92 Å². The molecule has 4 heteroatoms. The topological polar surface area (TPSA) is 24.9 Å². The third-order valence-electron chi connectivity index (χ3n) is 2.97. The van der Waals surface area contributed by atoms with Crippen LogP contribution in [0.4, 0.5) is 4.39 Å². The van der Waals surface area contributed by atoms with E-state index in [-0.39, 0.29) is 5.82 Å².